The zero-order valence-electron chi connectivity index (χ0n) is 12.7. The third-order valence-corrected chi connectivity index (χ3v) is 3.95. The zero-order valence-corrected chi connectivity index (χ0v) is 12.7. The summed E-state index contributed by atoms with van der Waals surface area (Å²) in [4.78, 5) is 12.4. The first kappa shape index (κ1) is 15.8. The van der Waals surface area contributed by atoms with Crippen LogP contribution in [-0.2, 0) is 4.74 Å². The SMILES string of the molecule is COCCOc1cccc(C(=O)NC(C)(CN)C2CC2)c1. The monoisotopic (exact) mass is 292 g/mol. The number of methoxy groups -OCH3 is 1. The lowest BCUT2D eigenvalue weighted by Crippen LogP contribution is -2.53. The quantitative estimate of drug-likeness (QED) is 0.713. The Morgan fingerprint density at radius 3 is 2.81 bits per heavy atom. The summed E-state index contributed by atoms with van der Waals surface area (Å²) in [6.07, 6.45) is 2.27. The van der Waals surface area contributed by atoms with E-state index in [1.54, 1.807) is 19.2 Å². The van der Waals surface area contributed by atoms with Gasteiger partial charge in [-0.15, -0.1) is 0 Å². The Bertz CT molecular complexity index is 488. The molecule has 1 aromatic rings. The Morgan fingerprint density at radius 2 is 2.19 bits per heavy atom. The topological polar surface area (TPSA) is 73.6 Å². The Balaban J connectivity index is 2.00. The molecule has 1 saturated carbocycles. The molecule has 0 bridgehead atoms. The molecule has 3 N–H and O–H groups in total. The molecule has 0 heterocycles. The van der Waals surface area contributed by atoms with Crippen LogP contribution in [0.3, 0.4) is 0 Å². The minimum Gasteiger partial charge on any atom is -0.491 e. The molecule has 116 valence electrons. The predicted octanol–water partition coefficient (Wildman–Crippen LogP) is 1.57. The van der Waals surface area contributed by atoms with Gasteiger partial charge in [-0.05, 0) is 43.9 Å². The van der Waals surface area contributed by atoms with Crippen LogP contribution in [-0.4, -0.2) is 38.3 Å². The first-order chi connectivity index (χ1) is 10.1. The van der Waals surface area contributed by atoms with Crippen molar-refractivity contribution < 1.29 is 14.3 Å². The molecule has 0 saturated heterocycles. The minimum absolute atomic E-state index is 0.105. The van der Waals surface area contributed by atoms with Crippen LogP contribution < -0.4 is 15.8 Å². The molecule has 1 aliphatic rings. The van der Waals surface area contributed by atoms with Crippen LogP contribution in [0.25, 0.3) is 0 Å². The molecule has 2 rings (SSSR count). The second-order valence-corrected chi connectivity index (χ2v) is 5.72. The van der Waals surface area contributed by atoms with E-state index in [1.807, 2.05) is 19.1 Å². The van der Waals surface area contributed by atoms with Gasteiger partial charge in [0.25, 0.3) is 5.91 Å². The molecule has 0 aliphatic heterocycles. The molecule has 1 fully saturated rings. The fourth-order valence-electron chi connectivity index (χ4n) is 2.34. The van der Waals surface area contributed by atoms with Crippen LogP contribution in [0.2, 0.25) is 0 Å². The van der Waals surface area contributed by atoms with Crippen molar-refractivity contribution in [2.75, 3.05) is 26.9 Å². The summed E-state index contributed by atoms with van der Waals surface area (Å²) < 4.78 is 10.5. The zero-order chi connectivity index (χ0) is 15.3. The molecule has 1 unspecified atom stereocenters. The van der Waals surface area contributed by atoms with E-state index in [-0.39, 0.29) is 11.4 Å². The number of carbonyl (C=O) groups is 1. The van der Waals surface area contributed by atoms with Gasteiger partial charge in [-0.2, -0.15) is 0 Å². The molecule has 21 heavy (non-hydrogen) atoms. The van der Waals surface area contributed by atoms with Gasteiger partial charge in [-0.25, -0.2) is 0 Å². The maximum absolute atomic E-state index is 12.4. The Hall–Kier alpha value is -1.59. The van der Waals surface area contributed by atoms with Gasteiger partial charge < -0.3 is 20.5 Å². The second-order valence-electron chi connectivity index (χ2n) is 5.72. The van der Waals surface area contributed by atoms with E-state index < -0.39 is 0 Å². The van der Waals surface area contributed by atoms with E-state index in [0.717, 1.165) is 12.8 Å². The maximum atomic E-state index is 12.4. The summed E-state index contributed by atoms with van der Waals surface area (Å²) in [5.41, 5.74) is 6.10. The van der Waals surface area contributed by atoms with E-state index >= 15 is 0 Å². The van der Waals surface area contributed by atoms with E-state index in [2.05, 4.69) is 5.32 Å². The summed E-state index contributed by atoms with van der Waals surface area (Å²) in [5, 5.41) is 3.07. The molecule has 0 radical (unpaired) electrons. The number of nitrogens with one attached hydrogen (secondary N) is 1. The maximum Gasteiger partial charge on any atom is 0.251 e. The van der Waals surface area contributed by atoms with E-state index in [9.17, 15) is 4.79 Å². The summed E-state index contributed by atoms with van der Waals surface area (Å²) in [7, 11) is 1.62. The number of amides is 1. The lowest BCUT2D eigenvalue weighted by atomic mass is 9.95. The summed E-state index contributed by atoms with van der Waals surface area (Å²) in [6, 6.07) is 7.17. The van der Waals surface area contributed by atoms with Crippen molar-refractivity contribution in [3.8, 4) is 5.75 Å². The van der Waals surface area contributed by atoms with Crippen molar-refractivity contribution in [3.05, 3.63) is 29.8 Å². The van der Waals surface area contributed by atoms with Crippen LogP contribution in [0.15, 0.2) is 24.3 Å². The fourth-order valence-corrected chi connectivity index (χ4v) is 2.34. The van der Waals surface area contributed by atoms with Gasteiger partial charge in [0.05, 0.1) is 12.1 Å². The van der Waals surface area contributed by atoms with Gasteiger partial charge in [0.15, 0.2) is 0 Å². The lowest BCUT2D eigenvalue weighted by molar-refractivity contribution is 0.0897. The van der Waals surface area contributed by atoms with Gasteiger partial charge in [-0.3, -0.25) is 4.79 Å². The van der Waals surface area contributed by atoms with Crippen molar-refractivity contribution in [2.45, 2.75) is 25.3 Å². The molecule has 1 amide bonds. The standard InChI is InChI=1S/C16H24N2O3/c1-16(11-17,13-6-7-13)18-15(19)12-4-3-5-14(10-12)21-9-8-20-2/h3-5,10,13H,6-9,11,17H2,1-2H3,(H,18,19). The molecular formula is C16H24N2O3. The van der Waals surface area contributed by atoms with Crippen molar-refractivity contribution >= 4 is 5.91 Å². The number of carbonyl (C=O) groups excluding carboxylic acids is 1. The van der Waals surface area contributed by atoms with Crippen LogP contribution in [0.5, 0.6) is 5.75 Å². The van der Waals surface area contributed by atoms with E-state index in [0.29, 0.717) is 37.0 Å². The highest BCUT2D eigenvalue weighted by Crippen LogP contribution is 2.39. The van der Waals surface area contributed by atoms with Crippen molar-refractivity contribution in [1.29, 1.82) is 0 Å². The lowest BCUT2D eigenvalue weighted by Gasteiger charge is -2.29. The first-order valence-electron chi connectivity index (χ1n) is 7.33. The Morgan fingerprint density at radius 1 is 1.43 bits per heavy atom. The summed E-state index contributed by atoms with van der Waals surface area (Å²) >= 11 is 0. The molecule has 0 spiro atoms. The highest BCUT2D eigenvalue weighted by Gasteiger charge is 2.41. The average molecular weight is 292 g/mol. The van der Waals surface area contributed by atoms with Crippen LogP contribution in [0, 0.1) is 5.92 Å². The largest absolute Gasteiger partial charge is 0.491 e. The molecule has 5 nitrogen and oxygen atoms in total. The number of ether oxygens (including phenoxy) is 2. The first-order valence-corrected chi connectivity index (χ1v) is 7.33. The van der Waals surface area contributed by atoms with Crippen LogP contribution in [0.4, 0.5) is 0 Å². The van der Waals surface area contributed by atoms with Crippen LogP contribution in [0.1, 0.15) is 30.1 Å². The third-order valence-electron chi connectivity index (χ3n) is 3.95. The number of hydrogen-bond acceptors (Lipinski definition) is 4. The van der Waals surface area contributed by atoms with Gasteiger partial charge >= 0.3 is 0 Å². The fraction of sp³-hybridized carbons (Fsp3) is 0.562. The Labute approximate surface area is 125 Å². The normalized spacial score (nSPS) is 17.1. The molecule has 1 aromatic carbocycles. The number of rotatable bonds is 8. The highest BCUT2D eigenvalue weighted by atomic mass is 16.5. The van der Waals surface area contributed by atoms with Crippen molar-refractivity contribution in [1.82, 2.24) is 5.32 Å². The van der Waals surface area contributed by atoms with Crippen molar-refractivity contribution in [2.24, 2.45) is 11.7 Å². The smallest absolute Gasteiger partial charge is 0.251 e. The molecule has 1 aliphatic carbocycles. The number of benzene rings is 1. The highest BCUT2D eigenvalue weighted by molar-refractivity contribution is 5.95. The minimum atomic E-state index is -0.315. The second kappa shape index (κ2) is 6.91. The Kier molecular flexibility index (Phi) is 5.20. The van der Waals surface area contributed by atoms with Gasteiger partial charge in [-0.1, -0.05) is 6.07 Å². The average Bonchev–Trinajstić information content (AvgIpc) is 3.33. The molecule has 5 heteroatoms. The van der Waals surface area contributed by atoms with Crippen molar-refractivity contribution in [3.63, 3.8) is 0 Å². The third kappa shape index (κ3) is 4.19. The van der Waals surface area contributed by atoms with Gasteiger partial charge in [0, 0.05) is 19.2 Å². The number of nitrogens with two attached hydrogens (primary N) is 1. The predicted molar refractivity (Wildman–Crippen MR) is 81.5 cm³/mol. The molecule has 1 atom stereocenters. The molecular weight excluding hydrogens is 268 g/mol. The summed E-state index contributed by atoms with van der Waals surface area (Å²) in [5.74, 6) is 1.06. The van der Waals surface area contributed by atoms with Gasteiger partial charge in [0.2, 0.25) is 0 Å². The molecule has 0 aromatic heterocycles. The number of hydrogen-bond donors (Lipinski definition) is 2. The van der Waals surface area contributed by atoms with E-state index in [4.69, 9.17) is 15.2 Å². The van der Waals surface area contributed by atoms with Gasteiger partial charge in [0.1, 0.15) is 12.4 Å². The van der Waals surface area contributed by atoms with Crippen LogP contribution >= 0.6 is 0 Å². The van der Waals surface area contributed by atoms with E-state index in [1.165, 1.54) is 0 Å². The summed E-state index contributed by atoms with van der Waals surface area (Å²) in [6.45, 7) is 3.45.